The molecule has 0 saturated heterocycles. The van der Waals surface area contributed by atoms with Crippen LogP contribution in [0.25, 0.3) is 5.65 Å². The number of aromatic nitrogens is 2. The molecule has 0 aromatic carbocycles. The van der Waals surface area contributed by atoms with E-state index in [1.54, 1.807) is 13.1 Å². The van der Waals surface area contributed by atoms with Crippen molar-refractivity contribution in [3.63, 3.8) is 0 Å². The normalized spacial score (nSPS) is 13.2. The number of pyridine rings is 1. The number of rotatable bonds is 4. The third-order valence-corrected chi connectivity index (χ3v) is 2.52. The summed E-state index contributed by atoms with van der Waals surface area (Å²) in [5.74, 6) is 0. The Labute approximate surface area is 98.9 Å². The van der Waals surface area contributed by atoms with Gasteiger partial charge in [-0.1, -0.05) is 11.6 Å². The Balaban J connectivity index is 2.15. The van der Waals surface area contributed by atoms with E-state index >= 15 is 0 Å². The Morgan fingerprint density at radius 3 is 3.12 bits per heavy atom. The van der Waals surface area contributed by atoms with Crippen LogP contribution in [0.1, 0.15) is 12.6 Å². The molecule has 5 heteroatoms. The number of fused-ring (bicyclic) bond motifs is 1. The zero-order chi connectivity index (χ0) is 11.5. The first-order valence-corrected chi connectivity index (χ1v) is 5.55. The second-order valence-electron chi connectivity index (χ2n) is 3.80. The van der Waals surface area contributed by atoms with Gasteiger partial charge in [-0.2, -0.15) is 0 Å². The number of imidazole rings is 1. The van der Waals surface area contributed by atoms with Crippen LogP contribution < -0.4 is 5.32 Å². The van der Waals surface area contributed by atoms with E-state index in [1.807, 2.05) is 22.7 Å². The highest BCUT2D eigenvalue weighted by atomic mass is 35.5. The molecule has 2 aromatic heterocycles. The lowest BCUT2D eigenvalue weighted by Crippen LogP contribution is -2.24. The molecule has 2 rings (SSSR count). The van der Waals surface area contributed by atoms with E-state index in [0.29, 0.717) is 18.1 Å². The van der Waals surface area contributed by atoms with Gasteiger partial charge in [-0.25, -0.2) is 4.98 Å². The lowest BCUT2D eigenvalue weighted by molar-refractivity contribution is 0.191. The van der Waals surface area contributed by atoms with Crippen molar-refractivity contribution in [2.75, 3.05) is 6.54 Å². The fraction of sp³-hybridized carbons (Fsp3) is 0.364. The van der Waals surface area contributed by atoms with Crippen LogP contribution in [0.3, 0.4) is 0 Å². The quantitative estimate of drug-likeness (QED) is 0.849. The van der Waals surface area contributed by atoms with Gasteiger partial charge in [0.05, 0.1) is 23.0 Å². The van der Waals surface area contributed by atoms with E-state index < -0.39 is 0 Å². The van der Waals surface area contributed by atoms with Gasteiger partial charge in [0.15, 0.2) is 0 Å². The molecule has 0 aliphatic carbocycles. The van der Waals surface area contributed by atoms with Gasteiger partial charge in [-0.15, -0.1) is 0 Å². The summed E-state index contributed by atoms with van der Waals surface area (Å²) in [6.07, 6.45) is 3.30. The van der Waals surface area contributed by atoms with E-state index in [4.69, 9.17) is 16.7 Å². The molecule has 1 unspecified atom stereocenters. The van der Waals surface area contributed by atoms with Gasteiger partial charge in [0.1, 0.15) is 5.65 Å². The summed E-state index contributed by atoms with van der Waals surface area (Å²) in [5, 5.41) is 13.0. The fourth-order valence-corrected chi connectivity index (χ4v) is 1.71. The van der Waals surface area contributed by atoms with Crippen molar-refractivity contribution in [2.24, 2.45) is 0 Å². The minimum absolute atomic E-state index is 0.345. The largest absolute Gasteiger partial charge is 0.392 e. The molecule has 0 aliphatic rings. The molecule has 2 aromatic rings. The van der Waals surface area contributed by atoms with Crippen LogP contribution in [0.15, 0.2) is 24.5 Å². The zero-order valence-corrected chi connectivity index (χ0v) is 9.78. The van der Waals surface area contributed by atoms with Gasteiger partial charge < -0.3 is 14.8 Å². The van der Waals surface area contributed by atoms with Crippen LogP contribution in [0.5, 0.6) is 0 Å². The minimum Gasteiger partial charge on any atom is -0.392 e. The maximum Gasteiger partial charge on any atom is 0.137 e. The van der Waals surface area contributed by atoms with Crippen molar-refractivity contribution in [1.82, 2.24) is 14.7 Å². The summed E-state index contributed by atoms with van der Waals surface area (Å²) < 4.78 is 1.94. The molecular formula is C11H14ClN3O. The molecular weight excluding hydrogens is 226 g/mol. The Kier molecular flexibility index (Phi) is 3.43. The lowest BCUT2D eigenvalue weighted by Gasteiger charge is -2.06. The van der Waals surface area contributed by atoms with Crippen molar-refractivity contribution in [3.05, 3.63) is 35.2 Å². The second kappa shape index (κ2) is 4.82. The number of aliphatic hydroxyl groups excluding tert-OH is 1. The van der Waals surface area contributed by atoms with Gasteiger partial charge in [-0.3, -0.25) is 0 Å². The highest BCUT2D eigenvalue weighted by molar-refractivity contribution is 6.30. The average Bonchev–Trinajstić information content (AvgIpc) is 2.60. The molecule has 1 atom stereocenters. The average molecular weight is 240 g/mol. The van der Waals surface area contributed by atoms with Crippen LogP contribution in [0.2, 0.25) is 5.02 Å². The highest BCUT2D eigenvalue weighted by Gasteiger charge is 2.03. The Bertz CT molecular complexity index is 481. The van der Waals surface area contributed by atoms with E-state index in [2.05, 4.69) is 10.3 Å². The molecule has 0 saturated carbocycles. The van der Waals surface area contributed by atoms with Crippen molar-refractivity contribution in [2.45, 2.75) is 19.6 Å². The van der Waals surface area contributed by atoms with Gasteiger partial charge in [0.25, 0.3) is 0 Å². The molecule has 4 nitrogen and oxygen atoms in total. The summed E-state index contributed by atoms with van der Waals surface area (Å²) in [6, 6.07) is 3.69. The van der Waals surface area contributed by atoms with Crippen molar-refractivity contribution < 1.29 is 5.11 Å². The summed E-state index contributed by atoms with van der Waals surface area (Å²) in [5.41, 5.74) is 1.90. The van der Waals surface area contributed by atoms with Gasteiger partial charge >= 0.3 is 0 Å². The standard InChI is InChI=1S/C11H14ClN3O/c1-8(16)4-13-5-10-6-14-11-3-2-9(12)7-15(10)11/h2-3,6-8,13,16H,4-5H2,1H3. The Morgan fingerprint density at radius 2 is 2.38 bits per heavy atom. The highest BCUT2D eigenvalue weighted by Crippen LogP contribution is 2.12. The molecule has 0 spiro atoms. The SMILES string of the molecule is CC(O)CNCc1cnc2ccc(Cl)cn12. The summed E-state index contributed by atoms with van der Waals surface area (Å²) in [7, 11) is 0. The first kappa shape index (κ1) is 11.4. The van der Waals surface area contributed by atoms with Crippen LogP contribution in [0.4, 0.5) is 0 Å². The van der Waals surface area contributed by atoms with Gasteiger partial charge in [0.2, 0.25) is 0 Å². The zero-order valence-electron chi connectivity index (χ0n) is 9.02. The maximum atomic E-state index is 9.13. The van der Waals surface area contributed by atoms with E-state index in [0.717, 1.165) is 11.3 Å². The fourth-order valence-electron chi connectivity index (χ4n) is 1.55. The third-order valence-electron chi connectivity index (χ3n) is 2.29. The molecule has 2 heterocycles. The van der Waals surface area contributed by atoms with Crippen LogP contribution in [0, 0.1) is 0 Å². The van der Waals surface area contributed by atoms with Crippen LogP contribution in [-0.4, -0.2) is 27.1 Å². The Hall–Kier alpha value is -1.10. The molecule has 86 valence electrons. The predicted octanol–water partition coefficient (Wildman–Crippen LogP) is 1.46. The first-order valence-electron chi connectivity index (χ1n) is 5.17. The summed E-state index contributed by atoms with van der Waals surface area (Å²) >= 11 is 5.92. The minimum atomic E-state index is -0.345. The monoisotopic (exact) mass is 239 g/mol. The molecule has 16 heavy (non-hydrogen) atoms. The molecule has 0 bridgehead atoms. The molecule has 0 amide bonds. The summed E-state index contributed by atoms with van der Waals surface area (Å²) in [4.78, 5) is 4.26. The topological polar surface area (TPSA) is 49.6 Å². The van der Waals surface area contributed by atoms with Crippen molar-refractivity contribution in [1.29, 1.82) is 0 Å². The summed E-state index contributed by atoms with van der Waals surface area (Å²) in [6.45, 7) is 2.97. The van der Waals surface area contributed by atoms with Crippen molar-refractivity contribution >= 4 is 17.2 Å². The molecule has 2 N–H and O–H groups in total. The number of hydrogen-bond acceptors (Lipinski definition) is 3. The third kappa shape index (κ3) is 2.52. The number of nitrogens with one attached hydrogen (secondary N) is 1. The first-order chi connectivity index (χ1) is 7.66. The molecule has 0 aliphatic heterocycles. The van der Waals surface area contributed by atoms with E-state index in [9.17, 15) is 0 Å². The maximum absolute atomic E-state index is 9.13. The van der Waals surface area contributed by atoms with E-state index in [-0.39, 0.29) is 6.10 Å². The smallest absolute Gasteiger partial charge is 0.137 e. The number of nitrogens with zero attached hydrogens (tertiary/aromatic N) is 2. The molecule has 0 radical (unpaired) electrons. The van der Waals surface area contributed by atoms with Gasteiger partial charge in [0, 0.05) is 19.3 Å². The van der Waals surface area contributed by atoms with Crippen molar-refractivity contribution in [3.8, 4) is 0 Å². The second-order valence-corrected chi connectivity index (χ2v) is 4.24. The number of halogens is 1. The van der Waals surface area contributed by atoms with Crippen LogP contribution in [-0.2, 0) is 6.54 Å². The van der Waals surface area contributed by atoms with Crippen LogP contribution >= 0.6 is 11.6 Å². The molecule has 0 fully saturated rings. The van der Waals surface area contributed by atoms with E-state index in [1.165, 1.54) is 0 Å². The predicted molar refractivity (Wildman–Crippen MR) is 63.6 cm³/mol. The van der Waals surface area contributed by atoms with Gasteiger partial charge in [-0.05, 0) is 19.1 Å². The number of aliphatic hydroxyl groups is 1. The number of hydrogen-bond donors (Lipinski definition) is 2. The Morgan fingerprint density at radius 1 is 1.56 bits per heavy atom. The lowest BCUT2D eigenvalue weighted by atomic mass is 10.4.